The molecule has 3 aromatic carbocycles. The highest BCUT2D eigenvalue weighted by Crippen LogP contribution is 2.23. The maximum absolute atomic E-state index is 12.5. The van der Waals surface area contributed by atoms with E-state index in [-0.39, 0.29) is 11.3 Å². The molecule has 3 aromatic rings. The van der Waals surface area contributed by atoms with Crippen LogP contribution in [0.5, 0.6) is 11.5 Å². The van der Waals surface area contributed by atoms with Gasteiger partial charge in [-0.15, -0.1) is 0 Å². The Labute approximate surface area is 184 Å². The SMILES string of the molecule is COc1ccc(C(=O)Oc2ccccc2/C=C(\C#N)C(=O)Nc2cccc(Cl)c2)cc1. The van der Waals surface area contributed by atoms with Gasteiger partial charge in [-0.05, 0) is 54.6 Å². The molecule has 7 heteroatoms. The van der Waals surface area contributed by atoms with E-state index in [1.165, 1.54) is 13.2 Å². The summed E-state index contributed by atoms with van der Waals surface area (Å²) in [5.41, 5.74) is 1.03. The van der Waals surface area contributed by atoms with E-state index < -0.39 is 11.9 Å². The second-order valence-corrected chi connectivity index (χ2v) is 6.73. The number of benzene rings is 3. The Morgan fingerprint density at radius 1 is 1.03 bits per heavy atom. The van der Waals surface area contributed by atoms with E-state index in [1.807, 2.05) is 6.07 Å². The predicted octanol–water partition coefficient (Wildman–Crippen LogP) is 5.11. The number of hydrogen-bond acceptors (Lipinski definition) is 5. The number of nitriles is 1. The van der Waals surface area contributed by atoms with Gasteiger partial charge in [0, 0.05) is 16.3 Å². The largest absolute Gasteiger partial charge is 0.497 e. The fourth-order valence-corrected chi connectivity index (χ4v) is 2.84. The summed E-state index contributed by atoms with van der Waals surface area (Å²) in [6.07, 6.45) is 1.36. The Balaban J connectivity index is 1.81. The average Bonchev–Trinajstić information content (AvgIpc) is 2.78. The number of anilines is 1. The zero-order chi connectivity index (χ0) is 22.2. The summed E-state index contributed by atoms with van der Waals surface area (Å²) < 4.78 is 10.6. The average molecular weight is 433 g/mol. The van der Waals surface area contributed by atoms with E-state index in [2.05, 4.69) is 5.32 Å². The van der Waals surface area contributed by atoms with Crippen LogP contribution in [0.1, 0.15) is 15.9 Å². The molecule has 0 bridgehead atoms. The number of para-hydroxylation sites is 1. The first kappa shape index (κ1) is 21.6. The zero-order valence-corrected chi connectivity index (χ0v) is 17.2. The monoisotopic (exact) mass is 432 g/mol. The lowest BCUT2D eigenvalue weighted by atomic mass is 10.1. The minimum atomic E-state index is -0.610. The maximum atomic E-state index is 12.5. The molecular formula is C24H17ClN2O4. The molecule has 0 saturated carbocycles. The molecule has 154 valence electrons. The van der Waals surface area contributed by atoms with Gasteiger partial charge in [0.1, 0.15) is 23.1 Å². The van der Waals surface area contributed by atoms with Crippen molar-refractivity contribution in [3.63, 3.8) is 0 Å². The van der Waals surface area contributed by atoms with Crippen LogP contribution in [0.25, 0.3) is 6.08 Å². The molecular weight excluding hydrogens is 416 g/mol. The van der Waals surface area contributed by atoms with Crippen LogP contribution < -0.4 is 14.8 Å². The number of rotatable bonds is 6. The first-order valence-electron chi connectivity index (χ1n) is 9.14. The molecule has 0 radical (unpaired) electrons. The Bertz CT molecular complexity index is 1180. The minimum absolute atomic E-state index is 0.159. The van der Waals surface area contributed by atoms with Crippen LogP contribution in [0.3, 0.4) is 0 Å². The second kappa shape index (κ2) is 10.1. The van der Waals surface area contributed by atoms with Gasteiger partial charge < -0.3 is 14.8 Å². The number of halogens is 1. The quantitative estimate of drug-likeness (QED) is 0.253. The second-order valence-electron chi connectivity index (χ2n) is 6.29. The Morgan fingerprint density at radius 3 is 2.45 bits per heavy atom. The van der Waals surface area contributed by atoms with E-state index >= 15 is 0 Å². The van der Waals surface area contributed by atoms with Crippen LogP contribution in [-0.4, -0.2) is 19.0 Å². The summed E-state index contributed by atoms with van der Waals surface area (Å²) in [5.74, 6) is -0.359. The van der Waals surface area contributed by atoms with Crippen molar-refractivity contribution in [2.24, 2.45) is 0 Å². The third-order valence-electron chi connectivity index (χ3n) is 4.19. The number of carbonyl (C=O) groups excluding carboxylic acids is 2. The summed E-state index contributed by atoms with van der Waals surface area (Å²) in [6.45, 7) is 0. The minimum Gasteiger partial charge on any atom is -0.497 e. The van der Waals surface area contributed by atoms with Gasteiger partial charge in [0.2, 0.25) is 0 Å². The molecule has 0 aromatic heterocycles. The van der Waals surface area contributed by atoms with Crippen LogP contribution in [0.15, 0.2) is 78.4 Å². The lowest BCUT2D eigenvalue weighted by Crippen LogP contribution is -2.13. The molecule has 31 heavy (non-hydrogen) atoms. The number of ether oxygens (including phenoxy) is 2. The van der Waals surface area contributed by atoms with E-state index in [9.17, 15) is 14.9 Å². The Morgan fingerprint density at radius 2 is 1.77 bits per heavy atom. The molecule has 0 fully saturated rings. The van der Waals surface area contributed by atoms with Gasteiger partial charge in [-0.25, -0.2) is 4.79 Å². The fourth-order valence-electron chi connectivity index (χ4n) is 2.65. The molecule has 3 rings (SSSR count). The highest BCUT2D eigenvalue weighted by atomic mass is 35.5. The molecule has 1 N–H and O–H groups in total. The van der Waals surface area contributed by atoms with Gasteiger partial charge in [-0.3, -0.25) is 4.79 Å². The number of carbonyl (C=O) groups is 2. The zero-order valence-electron chi connectivity index (χ0n) is 16.5. The number of nitrogens with zero attached hydrogens (tertiary/aromatic N) is 1. The van der Waals surface area contributed by atoms with Crippen molar-refractivity contribution in [1.82, 2.24) is 0 Å². The highest BCUT2D eigenvalue weighted by Gasteiger charge is 2.14. The van der Waals surface area contributed by atoms with Gasteiger partial charge in [0.05, 0.1) is 12.7 Å². The number of hydrogen-bond donors (Lipinski definition) is 1. The molecule has 0 aliphatic carbocycles. The van der Waals surface area contributed by atoms with Gasteiger partial charge in [-0.1, -0.05) is 35.9 Å². The van der Waals surface area contributed by atoms with Crippen molar-refractivity contribution >= 4 is 35.2 Å². The molecule has 6 nitrogen and oxygen atoms in total. The van der Waals surface area contributed by atoms with Crippen LogP contribution in [0.2, 0.25) is 5.02 Å². The van der Waals surface area contributed by atoms with E-state index in [4.69, 9.17) is 21.1 Å². The highest BCUT2D eigenvalue weighted by molar-refractivity contribution is 6.31. The molecule has 0 heterocycles. The van der Waals surface area contributed by atoms with E-state index in [1.54, 1.807) is 72.8 Å². The smallest absolute Gasteiger partial charge is 0.343 e. The maximum Gasteiger partial charge on any atom is 0.343 e. The van der Waals surface area contributed by atoms with Crippen LogP contribution >= 0.6 is 11.6 Å². The van der Waals surface area contributed by atoms with E-state index in [0.717, 1.165) is 0 Å². The number of amides is 1. The number of methoxy groups -OCH3 is 1. The third-order valence-corrected chi connectivity index (χ3v) is 4.43. The number of esters is 1. The molecule has 0 saturated heterocycles. The van der Waals surface area contributed by atoms with Crippen molar-refractivity contribution in [3.05, 3.63) is 94.5 Å². The fraction of sp³-hybridized carbons (Fsp3) is 0.0417. The van der Waals surface area contributed by atoms with E-state index in [0.29, 0.717) is 27.6 Å². The normalized spacial score (nSPS) is 10.7. The Kier molecular flexibility index (Phi) is 7.05. The van der Waals surface area contributed by atoms with Crippen LogP contribution in [0.4, 0.5) is 5.69 Å². The molecule has 0 spiro atoms. The topological polar surface area (TPSA) is 88.4 Å². The Hall–Kier alpha value is -4.08. The predicted molar refractivity (Wildman–Crippen MR) is 118 cm³/mol. The molecule has 0 unspecified atom stereocenters. The molecule has 0 atom stereocenters. The van der Waals surface area contributed by atoms with Crippen molar-refractivity contribution in [2.75, 3.05) is 12.4 Å². The number of nitrogens with one attached hydrogen (secondary N) is 1. The van der Waals surface area contributed by atoms with Crippen LogP contribution in [0, 0.1) is 11.3 Å². The third kappa shape index (κ3) is 5.72. The summed E-state index contributed by atoms with van der Waals surface area (Å²) >= 11 is 5.92. The summed E-state index contributed by atoms with van der Waals surface area (Å²) in [6, 6.07) is 21.5. The summed E-state index contributed by atoms with van der Waals surface area (Å²) in [5, 5.41) is 12.5. The summed E-state index contributed by atoms with van der Waals surface area (Å²) in [4.78, 5) is 25.0. The van der Waals surface area contributed by atoms with Gasteiger partial charge in [-0.2, -0.15) is 5.26 Å². The molecule has 1 amide bonds. The van der Waals surface area contributed by atoms with Crippen LogP contribution in [-0.2, 0) is 4.79 Å². The molecule has 0 aliphatic heterocycles. The van der Waals surface area contributed by atoms with Crippen molar-refractivity contribution in [3.8, 4) is 17.6 Å². The van der Waals surface area contributed by atoms with Crippen molar-refractivity contribution in [2.45, 2.75) is 0 Å². The van der Waals surface area contributed by atoms with Gasteiger partial charge >= 0.3 is 5.97 Å². The lowest BCUT2D eigenvalue weighted by molar-refractivity contribution is -0.112. The standard InChI is InChI=1S/C24H17ClN2O4/c1-30-21-11-9-16(10-12-21)24(29)31-22-8-3-2-5-17(22)13-18(15-26)23(28)27-20-7-4-6-19(25)14-20/h2-14H,1H3,(H,27,28)/b18-13+. The summed E-state index contributed by atoms with van der Waals surface area (Å²) in [7, 11) is 1.53. The van der Waals surface area contributed by atoms with Gasteiger partial charge in [0.25, 0.3) is 5.91 Å². The lowest BCUT2D eigenvalue weighted by Gasteiger charge is -2.09. The first-order chi connectivity index (χ1) is 15.0. The van der Waals surface area contributed by atoms with Gasteiger partial charge in [0.15, 0.2) is 0 Å². The van der Waals surface area contributed by atoms with Crippen molar-refractivity contribution in [1.29, 1.82) is 5.26 Å². The molecule has 0 aliphatic rings. The first-order valence-corrected chi connectivity index (χ1v) is 9.52. The van der Waals surface area contributed by atoms with Crippen molar-refractivity contribution < 1.29 is 19.1 Å².